The lowest BCUT2D eigenvalue weighted by Gasteiger charge is -2.32. The van der Waals surface area contributed by atoms with Crippen LogP contribution in [0.3, 0.4) is 0 Å². The van der Waals surface area contributed by atoms with Crippen molar-refractivity contribution in [2.24, 2.45) is 5.92 Å². The molecular formula is C18H17N5O3. The predicted molar refractivity (Wildman–Crippen MR) is 93.3 cm³/mol. The number of carboxylic acid groups (broad SMARTS) is 1. The first kappa shape index (κ1) is 16.2. The van der Waals surface area contributed by atoms with E-state index in [-0.39, 0.29) is 0 Å². The van der Waals surface area contributed by atoms with Gasteiger partial charge in [-0.2, -0.15) is 4.98 Å². The summed E-state index contributed by atoms with van der Waals surface area (Å²) < 4.78 is 5.45. The molecule has 8 nitrogen and oxygen atoms in total. The van der Waals surface area contributed by atoms with Gasteiger partial charge >= 0.3 is 5.97 Å². The lowest BCUT2D eigenvalue weighted by atomic mass is 9.98. The average Bonchev–Trinajstić information content (AvgIpc) is 3.19. The van der Waals surface area contributed by atoms with Crippen molar-refractivity contribution in [1.29, 1.82) is 0 Å². The van der Waals surface area contributed by atoms with E-state index in [0.29, 0.717) is 36.1 Å². The molecule has 132 valence electrons. The van der Waals surface area contributed by atoms with Gasteiger partial charge in [-0.15, -0.1) is 0 Å². The summed E-state index contributed by atoms with van der Waals surface area (Å²) in [5, 5.41) is 13.4. The molecule has 0 radical (unpaired) electrons. The number of pyridine rings is 2. The highest BCUT2D eigenvalue weighted by Crippen LogP contribution is 2.31. The predicted octanol–water partition coefficient (Wildman–Crippen LogP) is 2.49. The molecule has 1 unspecified atom stereocenters. The number of hydrogen-bond donors (Lipinski definition) is 1. The topological polar surface area (TPSA) is 105 Å². The van der Waals surface area contributed by atoms with Gasteiger partial charge in [0.15, 0.2) is 0 Å². The number of rotatable bonds is 4. The number of nitrogens with zero attached hydrogens (tertiary/aromatic N) is 5. The van der Waals surface area contributed by atoms with Crippen LogP contribution in [-0.4, -0.2) is 44.3 Å². The Morgan fingerprint density at radius 3 is 2.88 bits per heavy atom. The second kappa shape index (κ2) is 6.91. The summed E-state index contributed by atoms with van der Waals surface area (Å²) in [6, 6.07) is 7.27. The van der Waals surface area contributed by atoms with Crippen LogP contribution in [0.5, 0.6) is 0 Å². The normalized spacial score (nSPS) is 17.2. The number of anilines is 1. The Kier molecular flexibility index (Phi) is 4.30. The van der Waals surface area contributed by atoms with E-state index in [0.717, 1.165) is 18.5 Å². The van der Waals surface area contributed by atoms with Crippen LogP contribution in [0, 0.1) is 5.92 Å². The van der Waals surface area contributed by atoms with E-state index in [9.17, 15) is 9.90 Å². The first-order valence-electron chi connectivity index (χ1n) is 8.39. The maximum Gasteiger partial charge on any atom is 0.308 e. The second-order valence-electron chi connectivity index (χ2n) is 6.16. The first-order chi connectivity index (χ1) is 12.7. The Hall–Kier alpha value is -3.29. The number of hydrogen-bond acceptors (Lipinski definition) is 7. The summed E-state index contributed by atoms with van der Waals surface area (Å²) in [5.41, 5.74) is 1.51. The molecule has 1 fully saturated rings. The van der Waals surface area contributed by atoms with Gasteiger partial charge in [0.05, 0.1) is 11.5 Å². The van der Waals surface area contributed by atoms with Crippen LogP contribution in [-0.2, 0) is 4.79 Å². The third kappa shape index (κ3) is 3.13. The number of carboxylic acids is 1. The van der Waals surface area contributed by atoms with Crippen molar-refractivity contribution in [3.8, 4) is 22.8 Å². The zero-order valence-corrected chi connectivity index (χ0v) is 13.9. The Balaban J connectivity index is 1.66. The number of aliphatic carboxylic acids is 1. The summed E-state index contributed by atoms with van der Waals surface area (Å²) >= 11 is 0. The largest absolute Gasteiger partial charge is 0.481 e. The zero-order chi connectivity index (χ0) is 17.9. The molecule has 1 aliphatic heterocycles. The number of piperidine rings is 1. The summed E-state index contributed by atoms with van der Waals surface area (Å²) in [6.45, 7) is 1.17. The van der Waals surface area contributed by atoms with Crippen molar-refractivity contribution in [2.45, 2.75) is 12.8 Å². The monoisotopic (exact) mass is 351 g/mol. The van der Waals surface area contributed by atoms with Crippen molar-refractivity contribution in [3.05, 3.63) is 42.9 Å². The average molecular weight is 351 g/mol. The van der Waals surface area contributed by atoms with Crippen molar-refractivity contribution in [3.63, 3.8) is 0 Å². The standard InChI is InChI=1S/C18H17N5O3/c24-18(25)13-3-2-10-23(11-13)16-14(4-1-7-20-16)17-21-15(22-26-17)12-5-8-19-9-6-12/h1,4-9,13H,2-3,10-11H2,(H,24,25). The van der Waals surface area contributed by atoms with Gasteiger partial charge in [0.2, 0.25) is 5.82 Å². The molecule has 0 aromatic carbocycles. The van der Waals surface area contributed by atoms with Crippen LogP contribution in [0.25, 0.3) is 22.8 Å². The molecule has 0 aliphatic carbocycles. The number of carbonyl (C=O) groups is 1. The minimum Gasteiger partial charge on any atom is -0.481 e. The van der Waals surface area contributed by atoms with E-state index < -0.39 is 11.9 Å². The van der Waals surface area contributed by atoms with Gasteiger partial charge in [0.1, 0.15) is 5.82 Å². The number of aromatic nitrogens is 4. The highest BCUT2D eigenvalue weighted by molar-refractivity contribution is 5.74. The van der Waals surface area contributed by atoms with Gasteiger partial charge < -0.3 is 14.5 Å². The Morgan fingerprint density at radius 2 is 2.08 bits per heavy atom. The first-order valence-corrected chi connectivity index (χ1v) is 8.39. The third-order valence-electron chi connectivity index (χ3n) is 4.45. The van der Waals surface area contributed by atoms with Crippen LogP contribution >= 0.6 is 0 Å². The molecule has 8 heteroatoms. The fourth-order valence-electron chi connectivity index (χ4n) is 3.14. The van der Waals surface area contributed by atoms with E-state index in [1.807, 2.05) is 11.0 Å². The van der Waals surface area contributed by atoms with E-state index >= 15 is 0 Å². The van der Waals surface area contributed by atoms with Crippen LogP contribution in [0.15, 0.2) is 47.4 Å². The van der Waals surface area contributed by atoms with Crippen molar-refractivity contribution < 1.29 is 14.4 Å². The molecule has 1 atom stereocenters. The molecule has 26 heavy (non-hydrogen) atoms. The van der Waals surface area contributed by atoms with Crippen molar-refractivity contribution in [2.75, 3.05) is 18.0 Å². The van der Waals surface area contributed by atoms with Gasteiger partial charge in [0, 0.05) is 37.2 Å². The molecule has 4 heterocycles. The van der Waals surface area contributed by atoms with E-state index in [1.165, 1.54) is 0 Å². The molecular weight excluding hydrogens is 334 g/mol. The summed E-state index contributed by atoms with van der Waals surface area (Å²) in [7, 11) is 0. The van der Waals surface area contributed by atoms with Crippen molar-refractivity contribution >= 4 is 11.8 Å². The Bertz CT molecular complexity index is 912. The molecule has 0 bridgehead atoms. The van der Waals surface area contributed by atoms with Gasteiger partial charge in [-0.25, -0.2) is 4.98 Å². The summed E-state index contributed by atoms with van der Waals surface area (Å²) in [5.74, 6) is 0.332. The van der Waals surface area contributed by atoms with Crippen LogP contribution in [0.4, 0.5) is 5.82 Å². The van der Waals surface area contributed by atoms with Crippen LogP contribution in [0.2, 0.25) is 0 Å². The minimum absolute atomic E-state index is 0.359. The molecule has 3 aromatic rings. The molecule has 0 amide bonds. The molecule has 1 saturated heterocycles. The fourth-order valence-corrected chi connectivity index (χ4v) is 3.14. The minimum atomic E-state index is -0.773. The maximum absolute atomic E-state index is 11.4. The zero-order valence-electron chi connectivity index (χ0n) is 13.9. The quantitative estimate of drug-likeness (QED) is 0.764. The SMILES string of the molecule is O=C(O)C1CCCN(c2ncccc2-c2nc(-c3ccncc3)no2)C1. The summed E-state index contributed by atoms with van der Waals surface area (Å²) in [4.78, 5) is 26.2. The molecule has 0 spiro atoms. The van der Waals surface area contributed by atoms with E-state index in [4.69, 9.17) is 4.52 Å². The molecule has 1 N–H and O–H groups in total. The third-order valence-corrected chi connectivity index (χ3v) is 4.45. The molecule has 4 rings (SSSR count). The van der Waals surface area contributed by atoms with E-state index in [2.05, 4.69) is 20.1 Å². The highest BCUT2D eigenvalue weighted by atomic mass is 16.5. The van der Waals surface area contributed by atoms with E-state index in [1.54, 1.807) is 36.8 Å². The van der Waals surface area contributed by atoms with Gasteiger partial charge in [0.25, 0.3) is 5.89 Å². The smallest absolute Gasteiger partial charge is 0.308 e. The van der Waals surface area contributed by atoms with Crippen LogP contribution < -0.4 is 4.90 Å². The second-order valence-corrected chi connectivity index (χ2v) is 6.16. The molecule has 1 aliphatic rings. The maximum atomic E-state index is 11.4. The summed E-state index contributed by atoms with van der Waals surface area (Å²) in [6.07, 6.45) is 6.50. The fraction of sp³-hybridized carbons (Fsp3) is 0.278. The van der Waals surface area contributed by atoms with Gasteiger partial charge in [-0.05, 0) is 37.1 Å². The van der Waals surface area contributed by atoms with Crippen LogP contribution in [0.1, 0.15) is 12.8 Å². The highest BCUT2D eigenvalue weighted by Gasteiger charge is 2.28. The Labute approximate surface area is 149 Å². The lowest BCUT2D eigenvalue weighted by Crippen LogP contribution is -2.39. The molecule has 3 aromatic heterocycles. The van der Waals surface area contributed by atoms with Crippen molar-refractivity contribution in [1.82, 2.24) is 20.1 Å². The Morgan fingerprint density at radius 1 is 1.23 bits per heavy atom. The lowest BCUT2D eigenvalue weighted by molar-refractivity contribution is -0.141. The van der Waals surface area contributed by atoms with Gasteiger partial charge in [-0.1, -0.05) is 5.16 Å². The van der Waals surface area contributed by atoms with Gasteiger partial charge in [-0.3, -0.25) is 9.78 Å². The molecule has 0 saturated carbocycles.